The second-order valence-electron chi connectivity index (χ2n) is 4.94. The van der Waals surface area contributed by atoms with E-state index in [9.17, 15) is 0 Å². The summed E-state index contributed by atoms with van der Waals surface area (Å²) in [5, 5.41) is 15.2. The van der Waals surface area contributed by atoms with Gasteiger partial charge in [-0.15, -0.1) is 5.10 Å². The van der Waals surface area contributed by atoms with Gasteiger partial charge in [-0.25, -0.2) is 4.68 Å². The molecule has 0 unspecified atom stereocenters. The number of aryl methyl sites for hydroxylation is 2. The Morgan fingerprint density at radius 1 is 1.21 bits per heavy atom. The maximum absolute atomic E-state index is 4.05. The lowest BCUT2D eigenvalue weighted by Crippen LogP contribution is -2.24. The largest absolute Gasteiger partial charge is 0.308 e. The fourth-order valence-electron chi connectivity index (χ4n) is 1.90. The fourth-order valence-corrected chi connectivity index (χ4v) is 1.90. The molecule has 0 bridgehead atoms. The summed E-state index contributed by atoms with van der Waals surface area (Å²) >= 11 is 0. The summed E-state index contributed by atoms with van der Waals surface area (Å²) in [6.45, 7) is 5.81. The third-order valence-electron chi connectivity index (χ3n) is 2.95. The molecule has 0 aliphatic heterocycles. The van der Waals surface area contributed by atoms with Gasteiger partial charge >= 0.3 is 0 Å². The first kappa shape index (κ1) is 13.7. The molecule has 0 aliphatic carbocycles. The van der Waals surface area contributed by atoms with Gasteiger partial charge in [-0.3, -0.25) is 0 Å². The Morgan fingerprint density at radius 3 is 2.74 bits per heavy atom. The Kier molecular flexibility index (Phi) is 5.03. The van der Waals surface area contributed by atoms with Gasteiger partial charge in [0.25, 0.3) is 0 Å². The minimum absolute atomic E-state index is 0.439. The van der Waals surface area contributed by atoms with Crippen LogP contribution in [0.4, 0.5) is 0 Å². The lowest BCUT2D eigenvalue weighted by Gasteiger charge is -2.08. The molecule has 5 heteroatoms. The average Bonchev–Trinajstić information content (AvgIpc) is 2.85. The van der Waals surface area contributed by atoms with E-state index in [1.807, 2.05) is 10.7 Å². The van der Waals surface area contributed by atoms with Gasteiger partial charge in [0, 0.05) is 12.6 Å². The monoisotopic (exact) mass is 259 g/mol. The molecule has 0 aliphatic rings. The summed E-state index contributed by atoms with van der Waals surface area (Å²) in [6, 6.07) is 10.9. The van der Waals surface area contributed by atoms with Crippen molar-refractivity contribution in [1.29, 1.82) is 0 Å². The molecular formula is C14H21N5. The summed E-state index contributed by atoms with van der Waals surface area (Å²) < 4.78 is 1.89. The minimum atomic E-state index is 0.439. The fraction of sp³-hybridized carbons (Fsp3) is 0.500. The number of tetrazole rings is 1. The van der Waals surface area contributed by atoms with Crippen LogP contribution in [0, 0.1) is 0 Å². The van der Waals surface area contributed by atoms with E-state index in [0.29, 0.717) is 6.04 Å². The number of nitrogens with zero attached hydrogens (tertiary/aromatic N) is 4. The third kappa shape index (κ3) is 4.44. The molecular weight excluding hydrogens is 238 g/mol. The van der Waals surface area contributed by atoms with Gasteiger partial charge in [-0.1, -0.05) is 44.2 Å². The first-order valence-corrected chi connectivity index (χ1v) is 6.78. The van der Waals surface area contributed by atoms with Crippen LogP contribution in [0.1, 0.15) is 31.7 Å². The van der Waals surface area contributed by atoms with Gasteiger partial charge in [0.2, 0.25) is 0 Å². The van der Waals surface area contributed by atoms with Gasteiger partial charge in [0.1, 0.15) is 0 Å². The molecule has 5 nitrogen and oxygen atoms in total. The maximum Gasteiger partial charge on any atom is 0.165 e. The Balaban J connectivity index is 1.81. The summed E-state index contributed by atoms with van der Waals surface area (Å²) in [4.78, 5) is 0. The van der Waals surface area contributed by atoms with Crippen LogP contribution in [0.25, 0.3) is 0 Å². The molecule has 1 aromatic heterocycles. The van der Waals surface area contributed by atoms with Crippen molar-refractivity contribution in [3.05, 3.63) is 41.7 Å². The van der Waals surface area contributed by atoms with Gasteiger partial charge in [-0.05, 0) is 28.8 Å². The number of hydrogen-bond acceptors (Lipinski definition) is 4. The molecule has 0 radical (unpaired) electrons. The van der Waals surface area contributed by atoms with Crippen molar-refractivity contribution in [2.24, 2.45) is 0 Å². The zero-order valence-corrected chi connectivity index (χ0v) is 11.6. The van der Waals surface area contributed by atoms with E-state index in [1.165, 1.54) is 5.56 Å². The molecule has 2 rings (SSSR count). The number of aromatic nitrogens is 4. The Bertz CT molecular complexity index is 478. The van der Waals surface area contributed by atoms with Crippen LogP contribution in [0.2, 0.25) is 0 Å². The van der Waals surface area contributed by atoms with Crippen LogP contribution >= 0.6 is 0 Å². The van der Waals surface area contributed by atoms with Crippen LogP contribution in [-0.2, 0) is 19.5 Å². The van der Waals surface area contributed by atoms with Crippen molar-refractivity contribution in [1.82, 2.24) is 25.5 Å². The highest BCUT2D eigenvalue weighted by Crippen LogP contribution is 2.04. The second-order valence-corrected chi connectivity index (χ2v) is 4.94. The molecule has 0 spiro atoms. The SMILES string of the molecule is CC(C)NCc1nnnn1CCCc1ccccc1. The van der Waals surface area contributed by atoms with Gasteiger partial charge in [0.05, 0.1) is 6.54 Å². The predicted octanol–water partition coefficient (Wildman–Crippen LogP) is 1.80. The zero-order chi connectivity index (χ0) is 13.5. The first-order valence-electron chi connectivity index (χ1n) is 6.78. The quantitative estimate of drug-likeness (QED) is 0.824. The van der Waals surface area contributed by atoms with Crippen LogP contribution in [-0.4, -0.2) is 26.2 Å². The van der Waals surface area contributed by atoms with Crippen molar-refractivity contribution in [2.75, 3.05) is 0 Å². The smallest absolute Gasteiger partial charge is 0.165 e. The summed E-state index contributed by atoms with van der Waals surface area (Å²) in [6.07, 6.45) is 2.10. The standard InChI is InChI=1S/C14H21N5/c1-12(2)15-11-14-16-17-18-19(14)10-6-9-13-7-4-3-5-8-13/h3-5,7-8,12,15H,6,9-11H2,1-2H3. The third-order valence-corrected chi connectivity index (χ3v) is 2.95. The van der Waals surface area contributed by atoms with Crippen LogP contribution in [0.15, 0.2) is 30.3 Å². The van der Waals surface area contributed by atoms with Crippen molar-refractivity contribution < 1.29 is 0 Å². The molecule has 1 N–H and O–H groups in total. The van der Waals surface area contributed by atoms with Crippen molar-refractivity contribution >= 4 is 0 Å². The number of benzene rings is 1. The molecule has 2 aromatic rings. The van der Waals surface area contributed by atoms with E-state index in [0.717, 1.165) is 31.8 Å². The van der Waals surface area contributed by atoms with Gasteiger partial charge in [-0.2, -0.15) is 0 Å². The Labute approximate surface area is 114 Å². The van der Waals surface area contributed by atoms with Gasteiger partial charge in [0.15, 0.2) is 5.82 Å². The maximum atomic E-state index is 4.05. The first-order chi connectivity index (χ1) is 9.25. The molecule has 1 aromatic carbocycles. The summed E-state index contributed by atoms with van der Waals surface area (Å²) in [5.74, 6) is 0.904. The van der Waals surface area contributed by atoms with E-state index < -0.39 is 0 Å². The van der Waals surface area contributed by atoms with Crippen LogP contribution in [0.3, 0.4) is 0 Å². The van der Waals surface area contributed by atoms with Crippen LogP contribution < -0.4 is 5.32 Å². The highest BCUT2D eigenvalue weighted by molar-refractivity contribution is 5.14. The van der Waals surface area contributed by atoms with Crippen molar-refractivity contribution in [3.8, 4) is 0 Å². The molecule has 1 heterocycles. The zero-order valence-electron chi connectivity index (χ0n) is 11.6. The Morgan fingerprint density at radius 2 is 2.00 bits per heavy atom. The molecule has 0 atom stereocenters. The van der Waals surface area contributed by atoms with Crippen molar-refractivity contribution in [3.63, 3.8) is 0 Å². The molecule has 0 saturated carbocycles. The molecule has 19 heavy (non-hydrogen) atoms. The number of hydrogen-bond donors (Lipinski definition) is 1. The molecule has 102 valence electrons. The average molecular weight is 259 g/mol. The highest BCUT2D eigenvalue weighted by atomic mass is 15.5. The number of rotatable bonds is 7. The number of nitrogens with one attached hydrogen (secondary N) is 1. The minimum Gasteiger partial charge on any atom is -0.308 e. The lowest BCUT2D eigenvalue weighted by molar-refractivity contribution is 0.503. The van der Waals surface area contributed by atoms with E-state index in [-0.39, 0.29) is 0 Å². The van der Waals surface area contributed by atoms with E-state index >= 15 is 0 Å². The lowest BCUT2D eigenvalue weighted by atomic mass is 10.1. The highest BCUT2D eigenvalue weighted by Gasteiger charge is 2.06. The van der Waals surface area contributed by atoms with E-state index in [4.69, 9.17) is 0 Å². The summed E-state index contributed by atoms with van der Waals surface area (Å²) in [7, 11) is 0. The van der Waals surface area contributed by atoms with Crippen molar-refractivity contribution in [2.45, 2.75) is 45.8 Å². The predicted molar refractivity (Wildman–Crippen MR) is 74.6 cm³/mol. The molecule has 0 fully saturated rings. The second kappa shape index (κ2) is 6.99. The summed E-state index contributed by atoms with van der Waals surface area (Å²) in [5.41, 5.74) is 1.36. The van der Waals surface area contributed by atoms with Gasteiger partial charge < -0.3 is 5.32 Å². The Hall–Kier alpha value is -1.75. The van der Waals surface area contributed by atoms with E-state index in [2.05, 4.69) is 59.0 Å². The van der Waals surface area contributed by atoms with Crippen LogP contribution in [0.5, 0.6) is 0 Å². The topological polar surface area (TPSA) is 55.6 Å². The van der Waals surface area contributed by atoms with E-state index in [1.54, 1.807) is 0 Å². The molecule has 0 amide bonds. The molecule has 0 saturated heterocycles. The normalized spacial score (nSPS) is 11.1.